The van der Waals surface area contributed by atoms with Crippen LogP contribution >= 0.6 is 0 Å². The highest BCUT2D eigenvalue weighted by molar-refractivity contribution is 5.90. The van der Waals surface area contributed by atoms with Gasteiger partial charge in [-0.05, 0) is 31.2 Å². The van der Waals surface area contributed by atoms with Crippen molar-refractivity contribution in [1.29, 1.82) is 0 Å². The number of ether oxygens (including phenoxy) is 1. The van der Waals surface area contributed by atoms with E-state index in [0.29, 0.717) is 23.1 Å². The van der Waals surface area contributed by atoms with E-state index in [9.17, 15) is 4.79 Å². The second-order valence-corrected chi connectivity index (χ2v) is 5.35. The minimum absolute atomic E-state index is 0.143. The number of aryl methyl sites for hydroxylation is 1. The molecule has 0 aliphatic rings. The number of oxazole rings is 1. The van der Waals surface area contributed by atoms with E-state index in [1.54, 1.807) is 12.1 Å². The van der Waals surface area contributed by atoms with Gasteiger partial charge in [-0.3, -0.25) is 4.79 Å². The zero-order valence-electron chi connectivity index (χ0n) is 13.6. The quantitative estimate of drug-likeness (QED) is 0.765. The molecule has 0 bridgehead atoms. The Morgan fingerprint density at radius 1 is 1.12 bits per heavy atom. The third kappa shape index (κ3) is 3.63. The molecule has 0 fully saturated rings. The lowest BCUT2D eigenvalue weighted by molar-refractivity contribution is -0.114. The minimum Gasteiger partial charge on any atom is -0.485 e. The zero-order valence-corrected chi connectivity index (χ0v) is 13.6. The van der Waals surface area contributed by atoms with Crippen molar-refractivity contribution in [1.82, 2.24) is 4.98 Å². The van der Waals surface area contributed by atoms with E-state index in [1.807, 2.05) is 49.4 Å². The van der Waals surface area contributed by atoms with E-state index >= 15 is 0 Å². The summed E-state index contributed by atoms with van der Waals surface area (Å²) in [5.74, 6) is 1.74. The smallest absolute Gasteiger partial charge is 0.226 e. The number of anilines is 1. The molecular formula is C19H18N2O3. The summed E-state index contributed by atoms with van der Waals surface area (Å²) >= 11 is 0. The summed E-state index contributed by atoms with van der Waals surface area (Å²) in [5.41, 5.74) is 2.28. The molecule has 5 nitrogen and oxygen atoms in total. The molecule has 3 rings (SSSR count). The Morgan fingerprint density at radius 3 is 2.58 bits per heavy atom. The topological polar surface area (TPSA) is 64.4 Å². The van der Waals surface area contributed by atoms with E-state index in [0.717, 1.165) is 11.3 Å². The summed E-state index contributed by atoms with van der Waals surface area (Å²) in [6, 6.07) is 17.0. The number of nitrogens with zero attached hydrogens (tertiary/aromatic N) is 1. The Kier molecular flexibility index (Phi) is 4.61. The van der Waals surface area contributed by atoms with E-state index in [1.165, 1.54) is 6.92 Å². The predicted molar refractivity (Wildman–Crippen MR) is 91.8 cm³/mol. The molecule has 1 heterocycles. The number of para-hydroxylation sites is 2. The van der Waals surface area contributed by atoms with Gasteiger partial charge in [0.2, 0.25) is 11.8 Å². The van der Waals surface area contributed by atoms with Crippen molar-refractivity contribution >= 4 is 11.6 Å². The van der Waals surface area contributed by atoms with Crippen LogP contribution in [0, 0.1) is 6.92 Å². The monoisotopic (exact) mass is 322 g/mol. The lowest BCUT2D eigenvalue weighted by Crippen LogP contribution is -2.08. The van der Waals surface area contributed by atoms with Crippen LogP contribution in [0.2, 0.25) is 0 Å². The number of hydrogen-bond donors (Lipinski definition) is 1. The molecule has 0 saturated heterocycles. The molecule has 24 heavy (non-hydrogen) atoms. The van der Waals surface area contributed by atoms with Crippen LogP contribution < -0.4 is 10.1 Å². The Labute approximate surface area is 140 Å². The largest absolute Gasteiger partial charge is 0.485 e. The fourth-order valence-electron chi connectivity index (χ4n) is 2.30. The molecule has 1 amide bonds. The highest BCUT2D eigenvalue weighted by atomic mass is 16.5. The van der Waals surface area contributed by atoms with Gasteiger partial charge in [-0.1, -0.05) is 30.3 Å². The van der Waals surface area contributed by atoms with Crippen LogP contribution in [-0.2, 0) is 11.4 Å². The molecule has 1 aromatic heterocycles. The van der Waals surface area contributed by atoms with Crippen LogP contribution in [0.15, 0.2) is 59.0 Å². The summed E-state index contributed by atoms with van der Waals surface area (Å²) < 4.78 is 11.5. The fraction of sp³-hybridized carbons (Fsp3) is 0.158. The summed E-state index contributed by atoms with van der Waals surface area (Å²) in [4.78, 5) is 15.8. The summed E-state index contributed by atoms with van der Waals surface area (Å²) in [6.45, 7) is 3.58. The van der Waals surface area contributed by atoms with Crippen LogP contribution in [0.1, 0.15) is 18.4 Å². The lowest BCUT2D eigenvalue weighted by Gasteiger charge is -2.10. The number of amides is 1. The number of aromatic nitrogens is 1. The average molecular weight is 322 g/mol. The summed E-state index contributed by atoms with van der Waals surface area (Å²) in [7, 11) is 0. The number of carbonyl (C=O) groups is 1. The van der Waals surface area contributed by atoms with Gasteiger partial charge < -0.3 is 14.5 Å². The molecule has 5 heteroatoms. The molecule has 2 aromatic carbocycles. The van der Waals surface area contributed by atoms with Gasteiger partial charge in [0.05, 0.1) is 5.69 Å². The van der Waals surface area contributed by atoms with Gasteiger partial charge >= 0.3 is 0 Å². The van der Waals surface area contributed by atoms with Crippen LogP contribution in [0.4, 0.5) is 5.69 Å². The molecule has 0 aliphatic carbocycles. The van der Waals surface area contributed by atoms with Gasteiger partial charge in [0, 0.05) is 12.5 Å². The first kappa shape index (κ1) is 15.8. The summed E-state index contributed by atoms with van der Waals surface area (Å²) in [6.07, 6.45) is 0. The number of rotatable bonds is 5. The Bertz CT molecular complexity index is 841. The van der Waals surface area contributed by atoms with Crippen molar-refractivity contribution in [3.8, 4) is 17.2 Å². The highest BCUT2D eigenvalue weighted by Gasteiger charge is 2.13. The van der Waals surface area contributed by atoms with Gasteiger partial charge in [0.25, 0.3) is 0 Å². The molecule has 3 aromatic rings. The van der Waals surface area contributed by atoms with Crippen molar-refractivity contribution < 1.29 is 13.9 Å². The zero-order chi connectivity index (χ0) is 16.9. The van der Waals surface area contributed by atoms with E-state index in [-0.39, 0.29) is 12.5 Å². The number of hydrogen-bond acceptors (Lipinski definition) is 4. The second kappa shape index (κ2) is 7.00. The third-order valence-electron chi connectivity index (χ3n) is 3.48. The Balaban J connectivity index is 1.76. The number of benzene rings is 2. The van der Waals surface area contributed by atoms with Crippen molar-refractivity contribution in [2.45, 2.75) is 20.5 Å². The minimum atomic E-state index is -0.143. The maximum atomic E-state index is 11.3. The molecule has 0 unspecified atom stereocenters. The van der Waals surface area contributed by atoms with Gasteiger partial charge in [0.1, 0.15) is 23.8 Å². The first-order valence-electron chi connectivity index (χ1n) is 7.64. The van der Waals surface area contributed by atoms with Crippen LogP contribution in [-0.4, -0.2) is 10.9 Å². The molecule has 0 aliphatic heterocycles. The van der Waals surface area contributed by atoms with Crippen LogP contribution in [0.25, 0.3) is 11.5 Å². The summed E-state index contributed by atoms with van der Waals surface area (Å²) in [5, 5.41) is 2.75. The van der Waals surface area contributed by atoms with Gasteiger partial charge in [-0.25, -0.2) is 4.98 Å². The third-order valence-corrected chi connectivity index (χ3v) is 3.48. The normalized spacial score (nSPS) is 10.4. The number of carbonyl (C=O) groups excluding carboxylic acids is 1. The maximum absolute atomic E-state index is 11.3. The van der Waals surface area contributed by atoms with Crippen molar-refractivity contribution in [2.75, 3.05) is 5.32 Å². The van der Waals surface area contributed by atoms with Crippen molar-refractivity contribution in [3.63, 3.8) is 0 Å². The molecule has 1 N–H and O–H groups in total. The van der Waals surface area contributed by atoms with Gasteiger partial charge in [-0.15, -0.1) is 0 Å². The van der Waals surface area contributed by atoms with Crippen molar-refractivity contribution in [3.05, 3.63) is 66.1 Å². The molecule has 0 spiro atoms. The Morgan fingerprint density at radius 2 is 1.83 bits per heavy atom. The second-order valence-electron chi connectivity index (χ2n) is 5.35. The number of nitrogens with one attached hydrogen (secondary N) is 1. The standard InChI is InChI=1S/C19H18N2O3/c1-13-17(21-19(24-13)15-8-4-3-5-9-15)12-23-18-11-7-6-10-16(18)20-14(2)22/h3-11H,12H2,1-2H3,(H,20,22). The van der Waals surface area contributed by atoms with E-state index in [2.05, 4.69) is 10.3 Å². The molecule has 122 valence electrons. The van der Waals surface area contributed by atoms with Crippen molar-refractivity contribution in [2.24, 2.45) is 0 Å². The first-order chi connectivity index (χ1) is 11.6. The molecular weight excluding hydrogens is 304 g/mol. The van der Waals surface area contributed by atoms with Crippen LogP contribution in [0.3, 0.4) is 0 Å². The Hall–Kier alpha value is -3.08. The SMILES string of the molecule is CC(=O)Nc1ccccc1OCc1nc(-c2ccccc2)oc1C. The van der Waals surface area contributed by atoms with E-state index in [4.69, 9.17) is 9.15 Å². The fourth-order valence-corrected chi connectivity index (χ4v) is 2.30. The van der Waals surface area contributed by atoms with E-state index < -0.39 is 0 Å². The average Bonchev–Trinajstić information content (AvgIpc) is 2.95. The lowest BCUT2D eigenvalue weighted by atomic mass is 10.2. The maximum Gasteiger partial charge on any atom is 0.226 e. The van der Waals surface area contributed by atoms with Gasteiger partial charge in [-0.2, -0.15) is 0 Å². The predicted octanol–water partition coefficient (Wildman–Crippen LogP) is 4.19. The van der Waals surface area contributed by atoms with Crippen LogP contribution in [0.5, 0.6) is 5.75 Å². The molecule has 0 radical (unpaired) electrons. The first-order valence-corrected chi connectivity index (χ1v) is 7.64. The highest BCUT2D eigenvalue weighted by Crippen LogP contribution is 2.26. The molecule has 0 atom stereocenters. The molecule has 0 saturated carbocycles. The van der Waals surface area contributed by atoms with Gasteiger partial charge in [0.15, 0.2) is 0 Å².